The molecule has 1 aromatic rings. The van der Waals surface area contributed by atoms with Gasteiger partial charge >= 0.3 is 0 Å². The Kier molecular flexibility index (Phi) is 6.50. The molecule has 1 amide bonds. The van der Waals surface area contributed by atoms with Gasteiger partial charge in [-0.15, -0.1) is 12.4 Å². The molecule has 0 spiro atoms. The Morgan fingerprint density at radius 3 is 2.25 bits per heavy atom. The predicted octanol–water partition coefficient (Wildman–Crippen LogP) is 3.06. The Labute approximate surface area is 128 Å². The summed E-state index contributed by atoms with van der Waals surface area (Å²) in [6.07, 6.45) is 2.10. The molecule has 1 saturated heterocycles. The van der Waals surface area contributed by atoms with Crippen molar-refractivity contribution in [3.8, 4) is 0 Å². The van der Waals surface area contributed by atoms with E-state index in [9.17, 15) is 4.79 Å². The Hall–Kier alpha value is -1.06. The van der Waals surface area contributed by atoms with Crippen LogP contribution >= 0.6 is 12.4 Å². The molecule has 0 aromatic heterocycles. The number of rotatable bonds is 3. The number of carbonyl (C=O) groups is 1. The van der Waals surface area contributed by atoms with Crippen molar-refractivity contribution in [2.24, 2.45) is 0 Å². The number of benzene rings is 1. The SMILES string of the molecule is CC(C)c1ccc(C(=O)N(C)C2CCNCC2)cc1.Cl. The van der Waals surface area contributed by atoms with Gasteiger partial charge in [-0.2, -0.15) is 0 Å². The smallest absolute Gasteiger partial charge is 0.253 e. The van der Waals surface area contributed by atoms with Crippen molar-refractivity contribution in [1.82, 2.24) is 10.2 Å². The Morgan fingerprint density at radius 1 is 1.20 bits per heavy atom. The van der Waals surface area contributed by atoms with Crippen molar-refractivity contribution in [3.63, 3.8) is 0 Å². The molecule has 0 unspecified atom stereocenters. The number of halogens is 1. The molecule has 1 aromatic carbocycles. The topological polar surface area (TPSA) is 32.3 Å². The number of nitrogens with zero attached hydrogens (tertiary/aromatic N) is 1. The highest BCUT2D eigenvalue weighted by atomic mass is 35.5. The van der Waals surface area contributed by atoms with Crippen LogP contribution in [0.1, 0.15) is 48.5 Å². The average molecular weight is 297 g/mol. The molecule has 112 valence electrons. The van der Waals surface area contributed by atoms with Crippen LogP contribution in [0, 0.1) is 0 Å². The van der Waals surface area contributed by atoms with Crippen molar-refractivity contribution in [2.75, 3.05) is 20.1 Å². The van der Waals surface area contributed by atoms with Crippen LogP contribution < -0.4 is 5.32 Å². The molecule has 1 aliphatic rings. The summed E-state index contributed by atoms with van der Waals surface area (Å²) in [6.45, 7) is 6.35. The number of nitrogens with one attached hydrogen (secondary N) is 1. The van der Waals surface area contributed by atoms with Gasteiger partial charge < -0.3 is 10.2 Å². The summed E-state index contributed by atoms with van der Waals surface area (Å²) >= 11 is 0. The molecular formula is C16H25ClN2O. The van der Waals surface area contributed by atoms with Crippen molar-refractivity contribution in [1.29, 1.82) is 0 Å². The molecule has 1 fully saturated rings. The second-order valence-electron chi connectivity index (χ2n) is 5.67. The van der Waals surface area contributed by atoms with Crippen LogP contribution in [0.15, 0.2) is 24.3 Å². The van der Waals surface area contributed by atoms with E-state index in [2.05, 4.69) is 31.3 Å². The van der Waals surface area contributed by atoms with Crippen molar-refractivity contribution in [2.45, 2.75) is 38.6 Å². The lowest BCUT2D eigenvalue weighted by molar-refractivity contribution is 0.0703. The first-order chi connectivity index (χ1) is 9.09. The zero-order chi connectivity index (χ0) is 13.8. The van der Waals surface area contributed by atoms with Crippen molar-refractivity contribution >= 4 is 18.3 Å². The van der Waals surface area contributed by atoms with Gasteiger partial charge in [-0.25, -0.2) is 0 Å². The summed E-state index contributed by atoms with van der Waals surface area (Å²) in [4.78, 5) is 14.3. The zero-order valence-electron chi connectivity index (χ0n) is 12.6. The van der Waals surface area contributed by atoms with E-state index in [0.717, 1.165) is 31.5 Å². The number of piperidine rings is 1. The third kappa shape index (κ3) is 3.97. The molecule has 1 heterocycles. The quantitative estimate of drug-likeness (QED) is 0.930. The molecule has 0 aliphatic carbocycles. The minimum absolute atomic E-state index is 0. The summed E-state index contributed by atoms with van der Waals surface area (Å²) in [5, 5.41) is 3.33. The van der Waals surface area contributed by atoms with E-state index in [-0.39, 0.29) is 18.3 Å². The van der Waals surface area contributed by atoms with E-state index in [4.69, 9.17) is 0 Å². The van der Waals surface area contributed by atoms with Gasteiger partial charge in [-0.05, 0) is 49.5 Å². The first kappa shape index (κ1) is 17.0. The fourth-order valence-corrected chi connectivity index (χ4v) is 2.57. The van der Waals surface area contributed by atoms with E-state index in [1.807, 2.05) is 24.1 Å². The fraction of sp³-hybridized carbons (Fsp3) is 0.562. The van der Waals surface area contributed by atoms with E-state index in [1.54, 1.807) is 0 Å². The molecule has 4 heteroatoms. The van der Waals surface area contributed by atoms with Gasteiger partial charge in [0.25, 0.3) is 5.91 Å². The lowest BCUT2D eigenvalue weighted by atomic mass is 10.0. The first-order valence-electron chi connectivity index (χ1n) is 7.17. The number of hydrogen-bond acceptors (Lipinski definition) is 2. The standard InChI is InChI=1S/C16H24N2O.ClH/c1-12(2)13-4-6-14(7-5-13)16(19)18(3)15-8-10-17-11-9-15;/h4-7,12,15,17H,8-11H2,1-3H3;1H. The van der Waals surface area contributed by atoms with E-state index in [1.165, 1.54) is 5.56 Å². The maximum Gasteiger partial charge on any atom is 0.253 e. The van der Waals surface area contributed by atoms with Crippen LogP contribution in [0.5, 0.6) is 0 Å². The molecule has 20 heavy (non-hydrogen) atoms. The molecule has 1 N–H and O–H groups in total. The molecule has 2 rings (SSSR count). The van der Waals surface area contributed by atoms with Crippen LogP contribution in [0.4, 0.5) is 0 Å². The van der Waals surface area contributed by atoms with Gasteiger partial charge in [-0.3, -0.25) is 4.79 Å². The minimum Gasteiger partial charge on any atom is -0.339 e. The minimum atomic E-state index is 0. The summed E-state index contributed by atoms with van der Waals surface area (Å²) in [6, 6.07) is 8.41. The van der Waals surface area contributed by atoms with Crippen LogP contribution in [-0.4, -0.2) is 37.0 Å². The molecule has 3 nitrogen and oxygen atoms in total. The zero-order valence-corrected chi connectivity index (χ0v) is 13.4. The number of hydrogen-bond donors (Lipinski definition) is 1. The van der Waals surface area contributed by atoms with E-state index in [0.29, 0.717) is 12.0 Å². The third-order valence-electron chi connectivity index (χ3n) is 4.00. The lowest BCUT2D eigenvalue weighted by Crippen LogP contribution is -2.43. The highest BCUT2D eigenvalue weighted by Crippen LogP contribution is 2.17. The summed E-state index contributed by atoms with van der Waals surface area (Å²) in [5.41, 5.74) is 2.08. The van der Waals surface area contributed by atoms with E-state index < -0.39 is 0 Å². The number of amides is 1. The molecule has 1 aliphatic heterocycles. The second kappa shape index (κ2) is 7.65. The lowest BCUT2D eigenvalue weighted by Gasteiger charge is -2.31. The average Bonchev–Trinajstić information content (AvgIpc) is 2.46. The van der Waals surface area contributed by atoms with Crippen molar-refractivity contribution in [3.05, 3.63) is 35.4 Å². The highest BCUT2D eigenvalue weighted by molar-refractivity contribution is 5.94. The van der Waals surface area contributed by atoms with Gasteiger partial charge in [0.1, 0.15) is 0 Å². The predicted molar refractivity (Wildman–Crippen MR) is 85.8 cm³/mol. The Balaban J connectivity index is 0.00000200. The van der Waals surface area contributed by atoms with Gasteiger partial charge in [0.05, 0.1) is 0 Å². The largest absolute Gasteiger partial charge is 0.339 e. The molecular weight excluding hydrogens is 272 g/mol. The van der Waals surface area contributed by atoms with Gasteiger partial charge in [0.15, 0.2) is 0 Å². The van der Waals surface area contributed by atoms with Gasteiger partial charge in [0, 0.05) is 18.7 Å². The first-order valence-corrected chi connectivity index (χ1v) is 7.17. The maximum atomic E-state index is 12.4. The second-order valence-corrected chi connectivity index (χ2v) is 5.67. The fourth-order valence-electron chi connectivity index (χ4n) is 2.57. The third-order valence-corrected chi connectivity index (χ3v) is 4.00. The van der Waals surface area contributed by atoms with Crippen LogP contribution in [0.25, 0.3) is 0 Å². The monoisotopic (exact) mass is 296 g/mol. The maximum absolute atomic E-state index is 12.4. The molecule has 0 bridgehead atoms. The van der Waals surface area contributed by atoms with Gasteiger partial charge in [0.2, 0.25) is 0 Å². The summed E-state index contributed by atoms with van der Waals surface area (Å²) < 4.78 is 0. The summed E-state index contributed by atoms with van der Waals surface area (Å²) in [7, 11) is 1.93. The molecule has 0 radical (unpaired) electrons. The summed E-state index contributed by atoms with van der Waals surface area (Å²) in [5.74, 6) is 0.647. The Morgan fingerprint density at radius 2 is 1.75 bits per heavy atom. The van der Waals surface area contributed by atoms with Crippen LogP contribution in [-0.2, 0) is 0 Å². The molecule has 0 atom stereocenters. The molecule has 0 saturated carbocycles. The normalized spacial score (nSPS) is 15.8. The van der Waals surface area contributed by atoms with Crippen molar-refractivity contribution < 1.29 is 4.79 Å². The highest BCUT2D eigenvalue weighted by Gasteiger charge is 2.22. The van der Waals surface area contributed by atoms with Crippen LogP contribution in [0.3, 0.4) is 0 Å². The van der Waals surface area contributed by atoms with Crippen LogP contribution in [0.2, 0.25) is 0 Å². The van der Waals surface area contributed by atoms with Gasteiger partial charge in [-0.1, -0.05) is 26.0 Å². The van der Waals surface area contributed by atoms with E-state index >= 15 is 0 Å². The Bertz CT molecular complexity index is 425. The number of carbonyl (C=O) groups excluding carboxylic acids is 1.